The average molecular weight is 1010 g/mol. The third kappa shape index (κ3) is 15.1. The van der Waals surface area contributed by atoms with Crippen molar-refractivity contribution in [2.75, 3.05) is 23.8 Å². The lowest BCUT2D eigenvalue weighted by molar-refractivity contribution is -0.118. The van der Waals surface area contributed by atoms with E-state index in [-0.39, 0.29) is 70.2 Å². The zero-order valence-electron chi connectivity index (χ0n) is 36.6. The zero-order chi connectivity index (χ0) is 48.8. The number of nitrogens with two attached hydrogens (primary N) is 1. The van der Waals surface area contributed by atoms with E-state index in [1.54, 1.807) is 0 Å². The molecule has 0 spiro atoms. The van der Waals surface area contributed by atoms with Crippen LogP contribution < -0.4 is 21.7 Å². The van der Waals surface area contributed by atoms with Crippen LogP contribution in [0.15, 0.2) is 79.4 Å². The highest BCUT2D eigenvalue weighted by molar-refractivity contribution is 6.31. The third-order valence-electron chi connectivity index (χ3n) is 10.4. The second-order valence-electron chi connectivity index (χ2n) is 15.4. The van der Waals surface area contributed by atoms with Crippen molar-refractivity contribution in [1.82, 2.24) is 14.9 Å². The molecule has 68 heavy (non-hydrogen) atoms. The summed E-state index contributed by atoms with van der Waals surface area (Å²) in [5.74, 6) is -2.87. The van der Waals surface area contributed by atoms with Gasteiger partial charge in [-0.2, -0.15) is 0 Å². The number of carbonyl (C=O) groups is 6. The van der Waals surface area contributed by atoms with Gasteiger partial charge in [0.25, 0.3) is 11.8 Å². The summed E-state index contributed by atoms with van der Waals surface area (Å²) < 4.78 is 66.0. The van der Waals surface area contributed by atoms with Gasteiger partial charge in [-0.25, -0.2) is 36.7 Å². The molecule has 5 N–H and O–H groups in total. The first-order valence-electron chi connectivity index (χ1n) is 20.9. The normalized spacial score (nSPS) is 14.0. The van der Waals surface area contributed by atoms with E-state index in [0.29, 0.717) is 85.0 Å². The number of Topliss-reactive ketones (excluding diaryl/α,β-unsaturated/α-hetero) is 2. The molecule has 0 fully saturated rings. The lowest BCUT2D eigenvalue weighted by Gasteiger charge is -2.16. The molecule has 1 heterocycles. The molecule has 14 nitrogen and oxygen atoms in total. The quantitative estimate of drug-likeness (QED) is 0.0650. The lowest BCUT2D eigenvalue weighted by atomic mass is 10.0. The molecule has 0 saturated heterocycles. The summed E-state index contributed by atoms with van der Waals surface area (Å²) in [6.45, 7) is 3.31. The Hall–Kier alpha value is -6.34. The molecule has 0 bridgehead atoms. The lowest BCUT2D eigenvalue weighted by Crippen LogP contribution is -2.28. The van der Waals surface area contributed by atoms with Gasteiger partial charge in [-0.05, 0) is 124 Å². The second-order valence-corrected chi connectivity index (χ2v) is 16.2. The van der Waals surface area contributed by atoms with Crippen LogP contribution in [-0.4, -0.2) is 58.3 Å². The number of alkyl carbamates (subject to hydrolysis) is 1. The number of nitrogens with one attached hydrogen (secondary N) is 3. The second kappa shape index (κ2) is 25.7. The van der Waals surface area contributed by atoms with Gasteiger partial charge in [0.2, 0.25) is 0 Å². The summed E-state index contributed by atoms with van der Waals surface area (Å²) in [4.78, 5) is 73.5. The number of hydrogen-bond acceptors (Lipinski definition) is 10. The van der Waals surface area contributed by atoms with Crippen LogP contribution in [0.1, 0.15) is 107 Å². The van der Waals surface area contributed by atoms with Crippen LogP contribution in [0.2, 0.25) is 10.0 Å². The molecule has 5 aromatic rings. The highest BCUT2D eigenvalue weighted by atomic mass is 35.5. The van der Waals surface area contributed by atoms with Gasteiger partial charge in [0.05, 0.1) is 29.3 Å². The van der Waals surface area contributed by atoms with Crippen LogP contribution in [0.3, 0.4) is 0 Å². The van der Waals surface area contributed by atoms with Gasteiger partial charge in [-0.1, -0.05) is 23.2 Å². The molecule has 21 heteroatoms. The van der Waals surface area contributed by atoms with E-state index in [0.717, 1.165) is 6.07 Å². The van der Waals surface area contributed by atoms with E-state index in [9.17, 15) is 46.3 Å². The number of ether oxygens (including phenoxy) is 2. The molecular weight excluding hydrogens is 959 g/mol. The summed E-state index contributed by atoms with van der Waals surface area (Å²) in [7, 11) is 0. The first kappa shape index (κ1) is 54.3. The number of rotatable bonds is 13. The molecule has 2 aliphatic carbocycles. The Labute approximate surface area is 404 Å². The fourth-order valence-corrected chi connectivity index (χ4v) is 7.53. The number of hydrogen-bond donors (Lipinski definition) is 4. The maximum atomic E-state index is 14.5. The molecule has 0 unspecified atom stereocenters. The SMILES string of the molecule is CC(=O)CCCOC(=O)N[C@H]1CCc2c(C(=O)Nc3ccc(F)c(Cl)c3)ccc(F)c21.CC(=O)CCCOC(=O)n1ccnc1.Cl.N[C@H]1CCc2c(C(=O)Nc3ccc(F)c(Cl)c3)ccc(F)c21. The van der Waals surface area contributed by atoms with Gasteiger partial charge in [-0.3, -0.25) is 9.59 Å². The van der Waals surface area contributed by atoms with Gasteiger partial charge in [0.15, 0.2) is 0 Å². The molecular formula is C47H47Cl3F4N6O8. The summed E-state index contributed by atoms with van der Waals surface area (Å²) in [6, 6.07) is 11.9. The molecule has 0 aliphatic heterocycles. The Balaban J connectivity index is 0.000000238. The Kier molecular flexibility index (Phi) is 20.5. The number of fused-ring (bicyclic) bond motifs is 2. The van der Waals surface area contributed by atoms with Crippen LogP contribution >= 0.6 is 35.6 Å². The molecule has 3 amide bonds. The van der Waals surface area contributed by atoms with Gasteiger partial charge in [0, 0.05) is 64.9 Å². The van der Waals surface area contributed by atoms with Crippen molar-refractivity contribution < 1.29 is 55.8 Å². The topological polar surface area (TPSA) is 201 Å². The minimum Gasteiger partial charge on any atom is -0.450 e. The maximum Gasteiger partial charge on any atom is 0.419 e. The Morgan fingerprint density at radius 3 is 1.69 bits per heavy atom. The summed E-state index contributed by atoms with van der Waals surface area (Å²) in [5.41, 5.74) is 8.97. The van der Waals surface area contributed by atoms with Crippen molar-refractivity contribution in [3.63, 3.8) is 0 Å². The fourth-order valence-electron chi connectivity index (χ4n) is 7.17. The number of aromatic nitrogens is 2. The highest BCUT2D eigenvalue weighted by Gasteiger charge is 2.32. The van der Waals surface area contributed by atoms with Crippen LogP contribution in [0.4, 0.5) is 38.5 Å². The largest absolute Gasteiger partial charge is 0.450 e. The van der Waals surface area contributed by atoms with E-state index in [1.807, 2.05) is 0 Å². The van der Waals surface area contributed by atoms with Gasteiger partial charge in [0.1, 0.15) is 41.2 Å². The minimum atomic E-state index is -0.711. The number of amides is 3. The number of ketones is 2. The van der Waals surface area contributed by atoms with Crippen molar-refractivity contribution in [1.29, 1.82) is 0 Å². The van der Waals surface area contributed by atoms with E-state index in [1.165, 1.54) is 91.7 Å². The van der Waals surface area contributed by atoms with Crippen molar-refractivity contribution in [2.45, 2.75) is 77.3 Å². The average Bonchev–Trinajstić information content (AvgIpc) is 4.06. The molecule has 4 aromatic carbocycles. The van der Waals surface area contributed by atoms with Crippen LogP contribution in [0, 0.1) is 23.3 Å². The maximum absolute atomic E-state index is 14.5. The van der Waals surface area contributed by atoms with E-state index in [2.05, 4.69) is 20.9 Å². The van der Waals surface area contributed by atoms with Crippen LogP contribution in [0.5, 0.6) is 0 Å². The predicted molar refractivity (Wildman–Crippen MR) is 248 cm³/mol. The van der Waals surface area contributed by atoms with Crippen molar-refractivity contribution in [2.24, 2.45) is 5.73 Å². The minimum absolute atomic E-state index is 0. The predicted octanol–water partition coefficient (Wildman–Crippen LogP) is 10.4. The van der Waals surface area contributed by atoms with Crippen molar-refractivity contribution in [3.8, 4) is 0 Å². The Bertz CT molecular complexity index is 2640. The van der Waals surface area contributed by atoms with Crippen LogP contribution in [-0.2, 0) is 31.9 Å². The molecule has 362 valence electrons. The number of imidazole rings is 1. The molecule has 7 rings (SSSR count). The number of nitrogens with zero attached hydrogens (tertiary/aromatic N) is 2. The smallest absolute Gasteiger partial charge is 0.419 e. The molecule has 0 radical (unpaired) electrons. The third-order valence-corrected chi connectivity index (χ3v) is 11.0. The highest BCUT2D eigenvalue weighted by Crippen LogP contribution is 2.37. The number of benzene rings is 4. The van der Waals surface area contributed by atoms with Crippen molar-refractivity contribution in [3.05, 3.63) is 146 Å². The van der Waals surface area contributed by atoms with Gasteiger partial charge in [-0.15, -0.1) is 12.4 Å². The first-order valence-corrected chi connectivity index (χ1v) is 21.7. The molecule has 2 aliphatic rings. The number of carbonyl (C=O) groups excluding carboxylic acids is 6. The molecule has 1 aromatic heterocycles. The fraction of sp³-hybridized carbons (Fsp3) is 0.298. The first-order chi connectivity index (χ1) is 31.9. The van der Waals surface area contributed by atoms with Gasteiger partial charge >= 0.3 is 12.2 Å². The Morgan fingerprint density at radius 1 is 0.706 bits per heavy atom. The van der Waals surface area contributed by atoms with E-state index in [4.69, 9.17) is 38.4 Å². The van der Waals surface area contributed by atoms with Gasteiger partial charge < -0.3 is 40.7 Å². The van der Waals surface area contributed by atoms with E-state index < -0.39 is 47.5 Å². The van der Waals surface area contributed by atoms with Crippen LogP contribution in [0.25, 0.3) is 0 Å². The Morgan fingerprint density at radius 2 is 1.19 bits per heavy atom. The number of halogens is 7. The summed E-state index contributed by atoms with van der Waals surface area (Å²) in [6.07, 6.45) is 6.88. The number of anilines is 2. The van der Waals surface area contributed by atoms with Crippen molar-refractivity contribution >= 4 is 82.6 Å². The zero-order valence-corrected chi connectivity index (χ0v) is 39.0. The molecule has 2 atom stereocenters. The standard InChI is InChI=1S/C22H21ClF2N2O4.C16H13ClF2N2O.C9H12N2O3.ClH/c1-12(28)3-2-10-31-22(30)27-19-9-6-14-15(5-8-18(25)20(14)19)21(29)26-13-4-7-17(24)16(23)11-13;17-11-7-8(1-4-12(11)18)21-16(22)10-2-5-13(19)15-9(10)3-6-14(15)20;1-8(12)3-2-6-14-9(13)11-5-4-10-7-11;/h4-5,7-8,11,19H,2-3,6,9-10H2,1H3,(H,26,29)(H,27,30);1-2,4-5,7,14H,3,6,20H2,(H,21,22);4-5,7H,2-3,6H2,1H3;1H/t19-;14-;;/m00../s1. The summed E-state index contributed by atoms with van der Waals surface area (Å²) >= 11 is 11.4. The summed E-state index contributed by atoms with van der Waals surface area (Å²) in [5, 5.41) is 7.67. The molecule has 0 saturated carbocycles. The van der Waals surface area contributed by atoms with E-state index >= 15 is 0 Å². The monoisotopic (exact) mass is 1000 g/mol.